The van der Waals surface area contributed by atoms with E-state index in [2.05, 4.69) is 4.72 Å². The second-order valence-electron chi connectivity index (χ2n) is 5.99. The van der Waals surface area contributed by atoms with Gasteiger partial charge in [-0.05, 0) is 54.3 Å². The zero-order valence-corrected chi connectivity index (χ0v) is 16.0. The zero-order chi connectivity index (χ0) is 18.0. The summed E-state index contributed by atoms with van der Waals surface area (Å²) < 4.78 is 14.2. The summed E-state index contributed by atoms with van der Waals surface area (Å²) in [5.41, 5.74) is 3.31. The van der Waals surface area contributed by atoms with Gasteiger partial charge in [-0.25, -0.2) is 4.72 Å². The van der Waals surface area contributed by atoms with Crippen molar-refractivity contribution in [3.05, 3.63) is 63.1 Å². The fourth-order valence-corrected chi connectivity index (χ4v) is 3.90. The SMILES string of the molecule is C[S+]([O-])Nc1ccc2c(c1)CCCN(Cc1ccc(Cl)cc1Cl)C2=O. The number of benzene rings is 2. The van der Waals surface area contributed by atoms with Gasteiger partial charge in [0.1, 0.15) is 6.26 Å². The van der Waals surface area contributed by atoms with Gasteiger partial charge in [-0.3, -0.25) is 4.79 Å². The van der Waals surface area contributed by atoms with Crippen LogP contribution in [0.3, 0.4) is 0 Å². The molecule has 4 nitrogen and oxygen atoms in total. The minimum absolute atomic E-state index is 0.0114. The highest BCUT2D eigenvalue weighted by Gasteiger charge is 2.23. The number of nitrogens with zero attached hydrogens (tertiary/aromatic N) is 1. The molecule has 0 bridgehead atoms. The van der Waals surface area contributed by atoms with Crippen molar-refractivity contribution in [3.63, 3.8) is 0 Å². The normalized spacial score (nSPS) is 15.5. The molecule has 0 aliphatic carbocycles. The molecule has 132 valence electrons. The average Bonchev–Trinajstić information content (AvgIpc) is 2.69. The summed E-state index contributed by atoms with van der Waals surface area (Å²) in [6.07, 6.45) is 3.24. The van der Waals surface area contributed by atoms with Crippen LogP contribution in [0.1, 0.15) is 27.9 Å². The quantitative estimate of drug-likeness (QED) is 0.784. The van der Waals surface area contributed by atoms with Gasteiger partial charge in [0.2, 0.25) is 0 Å². The predicted molar refractivity (Wildman–Crippen MR) is 104 cm³/mol. The lowest BCUT2D eigenvalue weighted by molar-refractivity contribution is 0.0749. The van der Waals surface area contributed by atoms with Crippen LogP contribution in [-0.2, 0) is 24.3 Å². The number of carbonyl (C=O) groups is 1. The van der Waals surface area contributed by atoms with Gasteiger partial charge in [-0.15, -0.1) is 0 Å². The predicted octanol–water partition coefficient (Wildman–Crippen LogP) is 4.29. The molecule has 7 heteroatoms. The first kappa shape index (κ1) is 18.4. The number of aryl methyl sites for hydroxylation is 1. The Morgan fingerprint density at radius 1 is 1.24 bits per heavy atom. The van der Waals surface area contributed by atoms with Gasteiger partial charge in [-0.1, -0.05) is 29.3 Å². The number of nitrogens with one attached hydrogen (secondary N) is 1. The molecule has 0 saturated heterocycles. The van der Waals surface area contributed by atoms with Crippen LogP contribution < -0.4 is 4.72 Å². The standard InChI is InChI=1S/C18H18Cl2N2O2S/c1-25(24)21-15-6-7-16-12(9-15)3-2-8-22(18(16)23)11-13-4-5-14(19)10-17(13)20/h4-7,9-10,21H,2-3,8,11H2,1H3. The molecule has 3 rings (SSSR count). The molecule has 0 aromatic heterocycles. The second-order valence-corrected chi connectivity index (χ2v) is 7.95. The lowest BCUT2D eigenvalue weighted by Crippen LogP contribution is -2.30. The third-order valence-electron chi connectivity index (χ3n) is 4.13. The van der Waals surface area contributed by atoms with Crippen LogP contribution in [0.25, 0.3) is 0 Å². The van der Waals surface area contributed by atoms with E-state index in [1.807, 2.05) is 17.0 Å². The molecule has 1 atom stereocenters. The fraction of sp³-hybridized carbons (Fsp3) is 0.278. The summed E-state index contributed by atoms with van der Waals surface area (Å²) in [5, 5.41) is 1.14. The van der Waals surface area contributed by atoms with Crippen molar-refractivity contribution in [3.8, 4) is 0 Å². The largest absolute Gasteiger partial charge is 0.593 e. The number of anilines is 1. The van der Waals surface area contributed by atoms with Gasteiger partial charge >= 0.3 is 0 Å². The van der Waals surface area contributed by atoms with Crippen LogP contribution in [0.4, 0.5) is 5.69 Å². The lowest BCUT2D eigenvalue weighted by atomic mass is 10.0. The maximum absolute atomic E-state index is 12.9. The van der Waals surface area contributed by atoms with E-state index in [9.17, 15) is 9.35 Å². The topological polar surface area (TPSA) is 55.4 Å². The maximum atomic E-state index is 12.9. The Morgan fingerprint density at radius 3 is 2.76 bits per heavy atom. The van der Waals surface area contributed by atoms with E-state index in [0.717, 1.165) is 29.7 Å². The highest BCUT2D eigenvalue weighted by molar-refractivity contribution is 7.92. The molecule has 1 unspecified atom stereocenters. The minimum atomic E-state index is -1.14. The number of rotatable bonds is 4. The fourth-order valence-electron chi connectivity index (χ4n) is 2.98. The Bertz CT molecular complexity index is 799. The van der Waals surface area contributed by atoms with Crippen molar-refractivity contribution in [2.45, 2.75) is 19.4 Å². The minimum Gasteiger partial charge on any atom is -0.593 e. The number of carbonyl (C=O) groups excluding carboxylic acids is 1. The molecule has 0 radical (unpaired) electrons. The van der Waals surface area contributed by atoms with Crippen molar-refractivity contribution in [1.29, 1.82) is 0 Å². The summed E-state index contributed by atoms with van der Waals surface area (Å²) in [6, 6.07) is 10.8. The molecular formula is C18H18Cl2N2O2S. The molecule has 1 aliphatic heterocycles. The second kappa shape index (κ2) is 7.87. The first-order chi connectivity index (χ1) is 11.9. The van der Waals surface area contributed by atoms with Crippen LogP contribution in [0.2, 0.25) is 10.0 Å². The van der Waals surface area contributed by atoms with Crippen molar-refractivity contribution < 1.29 is 9.35 Å². The Morgan fingerprint density at radius 2 is 2.04 bits per heavy atom. The van der Waals surface area contributed by atoms with Crippen molar-refractivity contribution in [2.75, 3.05) is 17.5 Å². The summed E-state index contributed by atoms with van der Waals surface area (Å²) in [5.74, 6) is -0.0114. The lowest BCUT2D eigenvalue weighted by Gasteiger charge is -2.22. The molecule has 0 spiro atoms. The van der Waals surface area contributed by atoms with E-state index in [-0.39, 0.29) is 5.91 Å². The van der Waals surface area contributed by atoms with Crippen LogP contribution in [-0.4, -0.2) is 28.2 Å². The summed E-state index contributed by atoms with van der Waals surface area (Å²) >= 11 is 11.0. The van der Waals surface area contributed by atoms with Gasteiger partial charge in [0.25, 0.3) is 5.91 Å². The van der Waals surface area contributed by atoms with E-state index >= 15 is 0 Å². The third-order valence-corrected chi connectivity index (χ3v) is 5.25. The smallest absolute Gasteiger partial charge is 0.254 e. The first-order valence-corrected chi connectivity index (χ1v) is 10.2. The molecule has 2 aromatic rings. The van der Waals surface area contributed by atoms with Crippen molar-refractivity contribution in [1.82, 2.24) is 4.90 Å². The summed E-state index contributed by atoms with van der Waals surface area (Å²) in [7, 11) is 0. The molecule has 2 aromatic carbocycles. The van der Waals surface area contributed by atoms with Gasteiger partial charge in [0.15, 0.2) is 0 Å². The van der Waals surface area contributed by atoms with E-state index in [0.29, 0.717) is 28.7 Å². The number of halogens is 2. The van der Waals surface area contributed by atoms with Gasteiger partial charge in [0, 0.05) is 28.7 Å². The molecular weight excluding hydrogens is 379 g/mol. The van der Waals surface area contributed by atoms with Gasteiger partial charge < -0.3 is 9.45 Å². The highest BCUT2D eigenvalue weighted by atomic mass is 35.5. The maximum Gasteiger partial charge on any atom is 0.254 e. The van der Waals surface area contributed by atoms with Crippen LogP contribution in [0.5, 0.6) is 0 Å². The van der Waals surface area contributed by atoms with E-state index in [1.54, 1.807) is 30.5 Å². The van der Waals surface area contributed by atoms with Gasteiger partial charge in [0.05, 0.1) is 17.0 Å². The number of hydrogen-bond acceptors (Lipinski definition) is 3. The molecule has 1 N–H and O–H groups in total. The third kappa shape index (κ3) is 4.42. The Hall–Kier alpha value is -1.40. The number of hydrogen-bond donors (Lipinski definition) is 1. The number of fused-ring (bicyclic) bond motifs is 1. The molecule has 0 fully saturated rings. The molecule has 1 amide bonds. The van der Waals surface area contributed by atoms with Crippen LogP contribution in [0, 0.1) is 0 Å². The summed E-state index contributed by atoms with van der Waals surface area (Å²) in [6.45, 7) is 1.11. The molecule has 0 saturated carbocycles. The monoisotopic (exact) mass is 396 g/mol. The molecule has 25 heavy (non-hydrogen) atoms. The van der Waals surface area contributed by atoms with E-state index < -0.39 is 11.4 Å². The van der Waals surface area contributed by atoms with Crippen molar-refractivity contribution in [2.24, 2.45) is 0 Å². The van der Waals surface area contributed by atoms with Crippen LogP contribution >= 0.6 is 23.2 Å². The van der Waals surface area contributed by atoms with E-state index in [4.69, 9.17) is 23.2 Å². The average molecular weight is 397 g/mol. The molecule has 1 heterocycles. The summed E-state index contributed by atoms with van der Waals surface area (Å²) in [4.78, 5) is 14.7. The zero-order valence-electron chi connectivity index (χ0n) is 13.7. The Labute approximate surface area is 160 Å². The van der Waals surface area contributed by atoms with E-state index in [1.165, 1.54) is 0 Å². The Kier molecular flexibility index (Phi) is 5.79. The van der Waals surface area contributed by atoms with Crippen molar-refractivity contribution >= 4 is 46.2 Å². The molecule has 1 aliphatic rings. The Balaban J connectivity index is 1.84. The highest BCUT2D eigenvalue weighted by Crippen LogP contribution is 2.26. The first-order valence-electron chi connectivity index (χ1n) is 7.90. The van der Waals surface area contributed by atoms with Crippen LogP contribution in [0.15, 0.2) is 36.4 Å². The number of amides is 1. The van der Waals surface area contributed by atoms with Gasteiger partial charge in [-0.2, -0.15) is 0 Å².